The molecular weight excluding hydrogens is 402 g/mol. The van der Waals surface area contributed by atoms with Crippen LogP contribution < -0.4 is 20.7 Å². The van der Waals surface area contributed by atoms with Gasteiger partial charge in [0.25, 0.3) is 5.91 Å². The van der Waals surface area contributed by atoms with E-state index in [0.717, 1.165) is 43.0 Å². The summed E-state index contributed by atoms with van der Waals surface area (Å²) < 4.78 is 6.19. The molecule has 3 atom stereocenters. The fourth-order valence-corrected chi connectivity index (χ4v) is 5.01. The van der Waals surface area contributed by atoms with Gasteiger partial charge in [0, 0.05) is 29.2 Å². The van der Waals surface area contributed by atoms with E-state index in [1.165, 1.54) is 12.8 Å². The molecule has 6 heteroatoms. The van der Waals surface area contributed by atoms with E-state index in [1.54, 1.807) is 13.1 Å². The van der Waals surface area contributed by atoms with Crippen LogP contribution in [0.15, 0.2) is 42.5 Å². The Kier molecular flexibility index (Phi) is 7.45. The zero-order valence-electron chi connectivity index (χ0n) is 19.1. The van der Waals surface area contributed by atoms with Crippen molar-refractivity contribution in [3.05, 3.63) is 64.7 Å². The van der Waals surface area contributed by atoms with E-state index in [-0.39, 0.29) is 17.9 Å². The highest BCUT2D eigenvalue weighted by Crippen LogP contribution is 2.46. The Labute approximate surface area is 190 Å². The summed E-state index contributed by atoms with van der Waals surface area (Å²) in [6.45, 7) is 4.91. The minimum Gasteiger partial charge on any atom is -0.489 e. The topological polar surface area (TPSA) is 82.6 Å². The molecule has 172 valence electrons. The molecule has 1 fully saturated rings. The number of hydrogen-bond donors (Lipinski definition) is 4. The predicted molar refractivity (Wildman–Crippen MR) is 126 cm³/mol. The largest absolute Gasteiger partial charge is 0.489 e. The number of aliphatic hydroxyl groups excluding tert-OH is 1. The predicted octanol–water partition coefficient (Wildman–Crippen LogP) is 3.32. The molecule has 1 saturated heterocycles. The van der Waals surface area contributed by atoms with Crippen LogP contribution in [0.2, 0.25) is 0 Å². The second-order valence-corrected chi connectivity index (χ2v) is 8.98. The number of aliphatic hydroxyl groups is 1. The van der Waals surface area contributed by atoms with Crippen LogP contribution in [-0.4, -0.2) is 43.8 Å². The van der Waals surface area contributed by atoms with Gasteiger partial charge in [-0.2, -0.15) is 0 Å². The van der Waals surface area contributed by atoms with Gasteiger partial charge in [0.05, 0.1) is 0 Å². The van der Waals surface area contributed by atoms with Gasteiger partial charge in [-0.05, 0) is 76.4 Å². The lowest BCUT2D eigenvalue weighted by atomic mass is 9.87. The molecule has 4 N–H and O–H groups in total. The molecule has 2 aliphatic rings. The second-order valence-electron chi connectivity index (χ2n) is 8.98. The van der Waals surface area contributed by atoms with Crippen molar-refractivity contribution in [2.24, 2.45) is 5.92 Å². The molecule has 1 unspecified atom stereocenters. The molecule has 2 aromatic rings. The minimum absolute atomic E-state index is 0.0154. The number of piperidine rings is 1. The van der Waals surface area contributed by atoms with Gasteiger partial charge in [-0.1, -0.05) is 30.3 Å². The Hall–Kier alpha value is -2.41. The number of hydrogen-bond acceptors (Lipinski definition) is 5. The van der Waals surface area contributed by atoms with Crippen molar-refractivity contribution in [2.45, 2.75) is 50.9 Å². The van der Waals surface area contributed by atoms with Crippen LogP contribution in [0, 0.1) is 5.92 Å². The van der Waals surface area contributed by atoms with Crippen molar-refractivity contribution in [2.75, 3.05) is 26.7 Å². The monoisotopic (exact) mass is 437 g/mol. The van der Waals surface area contributed by atoms with Crippen molar-refractivity contribution in [1.82, 2.24) is 16.0 Å². The highest BCUT2D eigenvalue weighted by atomic mass is 16.5. The van der Waals surface area contributed by atoms with Crippen LogP contribution in [0.25, 0.3) is 0 Å². The van der Waals surface area contributed by atoms with Crippen LogP contribution >= 0.6 is 0 Å². The maximum absolute atomic E-state index is 13.0. The van der Waals surface area contributed by atoms with Gasteiger partial charge < -0.3 is 20.5 Å². The van der Waals surface area contributed by atoms with E-state index in [1.807, 2.05) is 31.2 Å². The number of carbonyl (C=O) groups is 1. The van der Waals surface area contributed by atoms with E-state index >= 15 is 0 Å². The fourth-order valence-electron chi connectivity index (χ4n) is 5.01. The number of benzene rings is 2. The number of carbonyl (C=O) groups excluding carboxylic acids is 1. The van der Waals surface area contributed by atoms with Gasteiger partial charge in [-0.25, -0.2) is 0 Å². The summed E-state index contributed by atoms with van der Waals surface area (Å²) in [5.74, 6) is 1.35. The number of nitrogens with one attached hydrogen (secondary N) is 3. The third kappa shape index (κ3) is 4.98. The quantitative estimate of drug-likeness (QED) is 0.376. The fraction of sp³-hybridized carbons (Fsp3) is 0.500. The van der Waals surface area contributed by atoms with Crippen molar-refractivity contribution in [3.63, 3.8) is 0 Å². The van der Waals surface area contributed by atoms with Crippen LogP contribution in [0.4, 0.5) is 0 Å². The summed E-state index contributed by atoms with van der Waals surface area (Å²) in [6.07, 6.45) is 3.60. The number of fused-ring (bicyclic) bond motifs is 1. The third-order valence-corrected chi connectivity index (χ3v) is 6.78. The average molecular weight is 438 g/mol. The Balaban J connectivity index is 1.52. The van der Waals surface area contributed by atoms with Gasteiger partial charge in [0.1, 0.15) is 18.1 Å². The maximum atomic E-state index is 13.0. The third-order valence-electron chi connectivity index (χ3n) is 6.78. The summed E-state index contributed by atoms with van der Waals surface area (Å²) in [4.78, 5) is 13.0. The first kappa shape index (κ1) is 22.8. The Bertz CT molecular complexity index is 912. The van der Waals surface area contributed by atoms with Crippen LogP contribution in [0.3, 0.4) is 0 Å². The first-order valence-electron chi connectivity index (χ1n) is 11.8. The van der Waals surface area contributed by atoms with Gasteiger partial charge in [-0.15, -0.1) is 0 Å². The van der Waals surface area contributed by atoms with Gasteiger partial charge >= 0.3 is 0 Å². The molecule has 32 heavy (non-hydrogen) atoms. The average Bonchev–Trinajstić information content (AvgIpc) is 3.17. The summed E-state index contributed by atoms with van der Waals surface area (Å²) in [5.41, 5.74) is 3.27. The number of amides is 1. The maximum Gasteiger partial charge on any atom is 0.251 e. The van der Waals surface area contributed by atoms with E-state index in [9.17, 15) is 9.90 Å². The summed E-state index contributed by atoms with van der Waals surface area (Å²) in [6, 6.07) is 13.9. The SMILES string of the molecule is CNC(O)c1cc(C(=O)NCCCC2CCNCC2)cc2c1O[C@H](C)[C@H]2c1ccccc1. The van der Waals surface area contributed by atoms with Crippen LogP contribution in [-0.2, 0) is 0 Å². The Morgan fingerprint density at radius 1 is 1.22 bits per heavy atom. The molecule has 4 rings (SSSR count). The molecule has 0 aliphatic carbocycles. The lowest BCUT2D eigenvalue weighted by Gasteiger charge is -2.22. The Morgan fingerprint density at radius 2 is 1.97 bits per heavy atom. The van der Waals surface area contributed by atoms with Crippen LogP contribution in [0.1, 0.15) is 71.8 Å². The zero-order chi connectivity index (χ0) is 22.5. The highest BCUT2D eigenvalue weighted by molar-refractivity contribution is 5.95. The van der Waals surface area contributed by atoms with Gasteiger partial charge in [0.15, 0.2) is 0 Å². The summed E-state index contributed by atoms with van der Waals surface area (Å²) in [5, 5.41) is 19.9. The standard InChI is InChI=1S/C26H35N3O3/c1-17-23(19-8-4-3-5-9-19)21-15-20(16-22(24(21)32-17)26(31)27-2)25(30)29-12-6-7-18-10-13-28-14-11-18/h3-5,8-9,15-18,23,26-28,31H,6-7,10-14H2,1-2H3,(H,29,30)/t17-,23+,26?/m1/s1. The molecule has 0 spiro atoms. The summed E-state index contributed by atoms with van der Waals surface area (Å²) >= 11 is 0. The van der Waals surface area contributed by atoms with Crippen LogP contribution in [0.5, 0.6) is 5.75 Å². The zero-order valence-corrected chi connectivity index (χ0v) is 19.1. The van der Waals surface area contributed by atoms with E-state index < -0.39 is 6.23 Å². The lowest BCUT2D eigenvalue weighted by Crippen LogP contribution is -2.29. The normalized spacial score (nSPS) is 21.6. The lowest BCUT2D eigenvalue weighted by molar-refractivity contribution is 0.0951. The Morgan fingerprint density at radius 3 is 2.69 bits per heavy atom. The van der Waals surface area contributed by atoms with Gasteiger partial charge in [-0.3, -0.25) is 10.1 Å². The van der Waals surface area contributed by atoms with E-state index in [0.29, 0.717) is 23.4 Å². The number of ether oxygens (including phenoxy) is 1. The van der Waals surface area contributed by atoms with Crippen molar-refractivity contribution >= 4 is 5.91 Å². The van der Waals surface area contributed by atoms with E-state index in [2.05, 4.69) is 28.1 Å². The molecule has 1 amide bonds. The highest BCUT2D eigenvalue weighted by Gasteiger charge is 2.36. The first-order valence-corrected chi connectivity index (χ1v) is 11.8. The molecule has 2 heterocycles. The first-order chi connectivity index (χ1) is 15.6. The molecule has 0 saturated carbocycles. The molecule has 2 aromatic carbocycles. The van der Waals surface area contributed by atoms with Crippen molar-refractivity contribution in [3.8, 4) is 5.75 Å². The molecule has 6 nitrogen and oxygen atoms in total. The summed E-state index contributed by atoms with van der Waals surface area (Å²) in [7, 11) is 1.69. The van der Waals surface area contributed by atoms with Crippen molar-refractivity contribution < 1.29 is 14.6 Å². The molecule has 0 bridgehead atoms. The second kappa shape index (κ2) is 10.5. The van der Waals surface area contributed by atoms with Crippen molar-refractivity contribution in [1.29, 1.82) is 0 Å². The smallest absolute Gasteiger partial charge is 0.251 e. The van der Waals surface area contributed by atoms with Gasteiger partial charge in [0.2, 0.25) is 0 Å². The molecule has 0 radical (unpaired) electrons. The number of rotatable bonds is 8. The van der Waals surface area contributed by atoms with E-state index in [4.69, 9.17) is 4.74 Å². The minimum atomic E-state index is -0.905. The molecular formula is C26H35N3O3. The molecule has 0 aromatic heterocycles. The molecule has 2 aliphatic heterocycles.